The first-order valence-corrected chi connectivity index (χ1v) is 8.07. The van der Waals surface area contributed by atoms with Crippen molar-refractivity contribution in [2.24, 2.45) is 0 Å². The van der Waals surface area contributed by atoms with Crippen LogP contribution in [0.5, 0.6) is 0 Å². The first-order chi connectivity index (χ1) is 8.90. The maximum atomic E-state index is 12.0. The lowest BCUT2D eigenvalue weighted by Crippen LogP contribution is -2.47. The van der Waals surface area contributed by atoms with Gasteiger partial charge >= 0.3 is 6.03 Å². The van der Waals surface area contributed by atoms with E-state index >= 15 is 0 Å². The summed E-state index contributed by atoms with van der Waals surface area (Å²) < 4.78 is 24.0. The molecule has 8 heteroatoms. The third kappa shape index (κ3) is 4.38. The molecule has 3 amide bonds. The molecule has 1 rings (SSSR count). The second-order valence-corrected chi connectivity index (χ2v) is 6.78. The van der Waals surface area contributed by atoms with Crippen LogP contribution < -0.4 is 10.6 Å². The Kier molecular flexibility index (Phi) is 5.59. The maximum Gasteiger partial charge on any atom is 0.317 e. The quantitative estimate of drug-likeness (QED) is 0.719. The minimum absolute atomic E-state index is 0.162. The predicted molar refractivity (Wildman–Crippen MR) is 71.5 cm³/mol. The number of likely N-dealkylation sites (tertiary alicyclic amines) is 1. The normalized spacial score (nSPS) is 17.1. The standard InChI is InChI=1S/C11H21N3O4S/c1-3-13-11(16)14-6-4-9(5-7-14)19(17,18)8-10(15)12-2/h9H,3-8H2,1-2H3,(H,12,15)(H,13,16). The Hall–Kier alpha value is -1.31. The van der Waals surface area contributed by atoms with Crippen molar-refractivity contribution in [3.8, 4) is 0 Å². The molecule has 0 saturated carbocycles. The first kappa shape index (κ1) is 15.7. The topological polar surface area (TPSA) is 95.6 Å². The van der Waals surface area contributed by atoms with Crippen LogP contribution in [-0.2, 0) is 14.6 Å². The number of rotatable bonds is 4. The van der Waals surface area contributed by atoms with E-state index in [1.165, 1.54) is 7.05 Å². The molecule has 1 heterocycles. The summed E-state index contributed by atoms with van der Waals surface area (Å²) in [6, 6.07) is -0.162. The second kappa shape index (κ2) is 6.74. The van der Waals surface area contributed by atoms with Crippen molar-refractivity contribution in [3.63, 3.8) is 0 Å². The van der Waals surface area contributed by atoms with Crippen LogP contribution in [0.3, 0.4) is 0 Å². The van der Waals surface area contributed by atoms with Gasteiger partial charge in [0.15, 0.2) is 9.84 Å². The van der Waals surface area contributed by atoms with Crippen molar-refractivity contribution in [1.29, 1.82) is 0 Å². The summed E-state index contributed by atoms with van der Waals surface area (Å²) in [5.41, 5.74) is 0. The van der Waals surface area contributed by atoms with Crippen molar-refractivity contribution in [2.75, 3.05) is 32.4 Å². The Labute approximate surface area is 113 Å². The minimum atomic E-state index is -3.43. The van der Waals surface area contributed by atoms with Gasteiger partial charge in [-0.3, -0.25) is 4.79 Å². The molecule has 1 aliphatic rings. The summed E-state index contributed by atoms with van der Waals surface area (Å²) in [5, 5.41) is 4.46. The van der Waals surface area contributed by atoms with Crippen molar-refractivity contribution in [1.82, 2.24) is 15.5 Å². The molecule has 0 aromatic rings. The van der Waals surface area contributed by atoms with Gasteiger partial charge in [0.05, 0.1) is 5.25 Å². The number of carbonyl (C=O) groups excluding carboxylic acids is 2. The Morgan fingerprint density at radius 2 is 1.84 bits per heavy atom. The summed E-state index contributed by atoms with van der Waals surface area (Å²) in [6.07, 6.45) is 0.771. The van der Waals surface area contributed by atoms with Gasteiger partial charge in [-0.15, -0.1) is 0 Å². The maximum absolute atomic E-state index is 12.0. The zero-order valence-corrected chi connectivity index (χ0v) is 12.1. The van der Waals surface area contributed by atoms with Crippen LogP contribution >= 0.6 is 0 Å². The average Bonchev–Trinajstić information content (AvgIpc) is 2.38. The first-order valence-electron chi connectivity index (χ1n) is 6.35. The number of sulfone groups is 1. The van der Waals surface area contributed by atoms with Gasteiger partial charge in [-0.1, -0.05) is 0 Å². The third-order valence-electron chi connectivity index (χ3n) is 3.18. The van der Waals surface area contributed by atoms with E-state index in [2.05, 4.69) is 10.6 Å². The van der Waals surface area contributed by atoms with Crippen LogP contribution in [0.15, 0.2) is 0 Å². The lowest BCUT2D eigenvalue weighted by Gasteiger charge is -2.31. The van der Waals surface area contributed by atoms with E-state index in [1.54, 1.807) is 4.90 Å². The molecular formula is C11H21N3O4S. The van der Waals surface area contributed by atoms with E-state index in [0.29, 0.717) is 32.5 Å². The van der Waals surface area contributed by atoms with Gasteiger partial charge in [0.25, 0.3) is 0 Å². The molecule has 0 radical (unpaired) electrons. The molecule has 1 saturated heterocycles. The number of nitrogens with one attached hydrogen (secondary N) is 2. The molecule has 0 aromatic heterocycles. The summed E-state index contributed by atoms with van der Waals surface area (Å²) in [7, 11) is -2.01. The number of hydrogen-bond donors (Lipinski definition) is 2. The van der Waals surface area contributed by atoms with Crippen molar-refractivity contribution in [3.05, 3.63) is 0 Å². The highest BCUT2D eigenvalue weighted by atomic mass is 32.2. The average molecular weight is 291 g/mol. The van der Waals surface area contributed by atoms with Crippen LogP contribution in [0.1, 0.15) is 19.8 Å². The fraction of sp³-hybridized carbons (Fsp3) is 0.818. The summed E-state index contributed by atoms with van der Waals surface area (Å²) >= 11 is 0. The molecular weight excluding hydrogens is 270 g/mol. The molecule has 19 heavy (non-hydrogen) atoms. The lowest BCUT2D eigenvalue weighted by atomic mass is 10.1. The van der Waals surface area contributed by atoms with E-state index in [4.69, 9.17) is 0 Å². The number of carbonyl (C=O) groups is 2. The zero-order valence-electron chi connectivity index (χ0n) is 11.3. The van der Waals surface area contributed by atoms with Crippen LogP contribution in [0.2, 0.25) is 0 Å². The van der Waals surface area contributed by atoms with Gasteiger partial charge in [0.1, 0.15) is 5.75 Å². The molecule has 110 valence electrons. The minimum Gasteiger partial charge on any atom is -0.358 e. The third-order valence-corrected chi connectivity index (χ3v) is 5.33. The number of urea groups is 1. The van der Waals surface area contributed by atoms with E-state index in [1.807, 2.05) is 6.92 Å². The number of hydrogen-bond acceptors (Lipinski definition) is 4. The SMILES string of the molecule is CCNC(=O)N1CCC(S(=O)(=O)CC(=O)NC)CC1. The molecule has 0 spiro atoms. The van der Waals surface area contributed by atoms with Gasteiger partial charge in [0, 0.05) is 26.7 Å². The molecule has 0 bridgehead atoms. The van der Waals surface area contributed by atoms with Crippen molar-refractivity contribution >= 4 is 21.8 Å². The van der Waals surface area contributed by atoms with Gasteiger partial charge in [-0.25, -0.2) is 13.2 Å². The Morgan fingerprint density at radius 1 is 1.26 bits per heavy atom. The zero-order chi connectivity index (χ0) is 14.5. The molecule has 2 N–H and O–H groups in total. The molecule has 0 aromatic carbocycles. The number of amides is 3. The van der Waals surface area contributed by atoms with Gasteiger partial charge in [0.2, 0.25) is 5.91 Å². The Balaban J connectivity index is 2.53. The van der Waals surface area contributed by atoms with Crippen molar-refractivity contribution in [2.45, 2.75) is 25.0 Å². The number of piperidine rings is 1. The summed E-state index contributed by atoms with van der Waals surface area (Å²) in [6.45, 7) is 3.19. The molecule has 0 aliphatic carbocycles. The Bertz CT molecular complexity index is 427. The van der Waals surface area contributed by atoms with Crippen LogP contribution in [0.4, 0.5) is 4.79 Å². The fourth-order valence-corrected chi connectivity index (χ4v) is 3.73. The molecule has 1 fully saturated rings. The van der Waals surface area contributed by atoms with E-state index in [0.717, 1.165) is 0 Å². The second-order valence-electron chi connectivity index (χ2n) is 4.50. The summed E-state index contributed by atoms with van der Waals surface area (Å²) in [4.78, 5) is 24.3. The lowest BCUT2D eigenvalue weighted by molar-refractivity contribution is -0.118. The van der Waals surface area contributed by atoms with Gasteiger partial charge in [-0.05, 0) is 19.8 Å². The van der Waals surface area contributed by atoms with Crippen molar-refractivity contribution < 1.29 is 18.0 Å². The largest absolute Gasteiger partial charge is 0.358 e. The van der Waals surface area contributed by atoms with Crippen LogP contribution in [-0.4, -0.2) is 62.9 Å². The predicted octanol–water partition coefficient (Wildman–Crippen LogP) is -0.659. The van der Waals surface area contributed by atoms with E-state index in [-0.39, 0.29) is 6.03 Å². The molecule has 7 nitrogen and oxygen atoms in total. The van der Waals surface area contributed by atoms with Crippen LogP contribution in [0.25, 0.3) is 0 Å². The highest BCUT2D eigenvalue weighted by Crippen LogP contribution is 2.18. The molecule has 1 aliphatic heterocycles. The molecule has 0 atom stereocenters. The number of nitrogens with zero attached hydrogens (tertiary/aromatic N) is 1. The smallest absolute Gasteiger partial charge is 0.317 e. The van der Waals surface area contributed by atoms with Crippen LogP contribution in [0, 0.1) is 0 Å². The highest BCUT2D eigenvalue weighted by molar-refractivity contribution is 7.92. The fourth-order valence-electron chi connectivity index (χ4n) is 2.05. The van der Waals surface area contributed by atoms with Gasteiger partial charge < -0.3 is 15.5 Å². The van der Waals surface area contributed by atoms with E-state index < -0.39 is 26.7 Å². The van der Waals surface area contributed by atoms with E-state index in [9.17, 15) is 18.0 Å². The molecule has 0 unspecified atom stereocenters. The monoisotopic (exact) mass is 291 g/mol. The highest BCUT2D eigenvalue weighted by Gasteiger charge is 2.32. The Morgan fingerprint density at radius 3 is 2.32 bits per heavy atom. The van der Waals surface area contributed by atoms with Gasteiger partial charge in [-0.2, -0.15) is 0 Å². The summed E-state index contributed by atoms with van der Waals surface area (Å²) in [5.74, 6) is -0.971.